The summed E-state index contributed by atoms with van der Waals surface area (Å²) < 4.78 is 22.9. The van der Waals surface area contributed by atoms with E-state index in [-0.39, 0.29) is 41.0 Å². The molecule has 0 saturated carbocycles. The van der Waals surface area contributed by atoms with E-state index in [4.69, 9.17) is 18.6 Å². The van der Waals surface area contributed by atoms with Gasteiger partial charge in [0.1, 0.15) is 5.58 Å². The molecule has 1 aliphatic heterocycles. The molecule has 0 fully saturated rings. The third-order valence-corrected chi connectivity index (χ3v) is 6.67. The predicted molar refractivity (Wildman–Crippen MR) is 141 cm³/mol. The molecule has 0 atom stereocenters. The first-order valence-corrected chi connectivity index (χ1v) is 12.3. The fourth-order valence-corrected chi connectivity index (χ4v) is 4.87. The van der Waals surface area contributed by atoms with Crippen molar-refractivity contribution in [3.8, 4) is 28.6 Å². The second-order valence-corrected chi connectivity index (χ2v) is 9.17. The molecule has 192 valence electrons. The number of para-hydroxylation sites is 1. The van der Waals surface area contributed by atoms with Gasteiger partial charge < -0.3 is 18.6 Å². The van der Waals surface area contributed by atoms with E-state index in [1.807, 2.05) is 0 Å². The average molecular weight is 578 g/mol. The molecular formula is C28H20BrNO8. The Morgan fingerprint density at radius 2 is 1.55 bits per heavy atom. The number of hydrogen-bond acceptors (Lipinski definition) is 8. The molecule has 0 bridgehead atoms. The Kier molecular flexibility index (Phi) is 6.73. The highest BCUT2D eigenvalue weighted by Crippen LogP contribution is 2.41. The summed E-state index contributed by atoms with van der Waals surface area (Å²) in [6, 6.07) is 16.2. The second kappa shape index (κ2) is 10.1. The van der Waals surface area contributed by atoms with E-state index in [0.29, 0.717) is 27.1 Å². The minimum Gasteiger partial charge on any atom is -0.493 e. The van der Waals surface area contributed by atoms with Crippen LogP contribution in [0, 0.1) is 0 Å². The third-order valence-electron chi connectivity index (χ3n) is 6.09. The largest absolute Gasteiger partial charge is 0.493 e. The molecule has 0 spiro atoms. The number of halogens is 1. The normalized spacial score (nSPS) is 12.6. The molecule has 2 amide bonds. The van der Waals surface area contributed by atoms with Gasteiger partial charge in [-0.1, -0.05) is 24.3 Å². The monoisotopic (exact) mass is 577 g/mol. The van der Waals surface area contributed by atoms with Gasteiger partial charge in [-0.2, -0.15) is 0 Å². The number of carbonyl (C=O) groups is 3. The van der Waals surface area contributed by atoms with Crippen molar-refractivity contribution >= 4 is 44.7 Å². The van der Waals surface area contributed by atoms with Crippen molar-refractivity contribution in [2.24, 2.45) is 0 Å². The van der Waals surface area contributed by atoms with E-state index in [1.54, 1.807) is 60.7 Å². The number of rotatable bonds is 7. The molecule has 0 unspecified atom stereocenters. The van der Waals surface area contributed by atoms with Crippen molar-refractivity contribution in [1.29, 1.82) is 0 Å². The van der Waals surface area contributed by atoms with E-state index in [1.165, 1.54) is 14.2 Å². The molecule has 10 heteroatoms. The van der Waals surface area contributed by atoms with Gasteiger partial charge in [0.2, 0.25) is 11.2 Å². The molecule has 2 heterocycles. The first-order valence-electron chi connectivity index (χ1n) is 11.5. The van der Waals surface area contributed by atoms with Crippen molar-refractivity contribution in [3.63, 3.8) is 0 Å². The molecule has 38 heavy (non-hydrogen) atoms. The molecule has 0 aliphatic carbocycles. The smallest absolute Gasteiger partial charge is 0.313 e. The Morgan fingerprint density at radius 1 is 0.895 bits per heavy atom. The number of ether oxygens (including phenoxy) is 3. The van der Waals surface area contributed by atoms with Crippen LogP contribution in [0.3, 0.4) is 0 Å². The number of hydrogen-bond donors (Lipinski definition) is 0. The van der Waals surface area contributed by atoms with E-state index < -0.39 is 23.2 Å². The summed E-state index contributed by atoms with van der Waals surface area (Å²) in [4.78, 5) is 52.6. The van der Waals surface area contributed by atoms with Crippen molar-refractivity contribution in [1.82, 2.24) is 4.90 Å². The Bertz CT molecular complexity index is 1640. The topological polar surface area (TPSA) is 112 Å². The minimum atomic E-state index is -0.815. The van der Waals surface area contributed by atoms with Crippen LogP contribution in [0.1, 0.15) is 27.1 Å². The SMILES string of the molecule is COc1cc(-c2oc3ccccc3c(=O)c2OC(=O)CCN2C(=O)c3ccccc3C2=O)cc(Br)c1OC. The molecule has 0 radical (unpaired) electrons. The maximum absolute atomic E-state index is 13.4. The van der Waals surface area contributed by atoms with Crippen LogP contribution in [0.2, 0.25) is 0 Å². The van der Waals surface area contributed by atoms with Crippen molar-refractivity contribution < 1.29 is 33.0 Å². The second-order valence-electron chi connectivity index (χ2n) is 8.31. The summed E-state index contributed by atoms with van der Waals surface area (Å²) in [5.74, 6) is -1.32. The number of fused-ring (bicyclic) bond motifs is 2. The summed E-state index contributed by atoms with van der Waals surface area (Å²) in [5, 5.41) is 0.221. The van der Waals surface area contributed by atoms with Gasteiger partial charge in [0.05, 0.1) is 41.6 Å². The molecule has 9 nitrogen and oxygen atoms in total. The van der Waals surface area contributed by atoms with Crippen molar-refractivity contribution in [2.75, 3.05) is 20.8 Å². The number of methoxy groups -OCH3 is 2. The Morgan fingerprint density at radius 3 is 2.21 bits per heavy atom. The average Bonchev–Trinajstić information content (AvgIpc) is 3.17. The molecule has 0 N–H and O–H groups in total. The van der Waals surface area contributed by atoms with Crippen LogP contribution < -0.4 is 19.6 Å². The summed E-state index contributed by atoms with van der Waals surface area (Å²) in [6.45, 7) is -0.207. The number of nitrogens with zero attached hydrogens (tertiary/aromatic N) is 1. The van der Waals surface area contributed by atoms with Crippen molar-refractivity contribution in [2.45, 2.75) is 6.42 Å². The van der Waals surface area contributed by atoms with Gasteiger partial charge in [-0.25, -0.2) is 0 Å². The van der Waals surface area contributed by atoms with E-state index >= 15 is 0 Å². The molecule has 3 aromatic carbocycles. The highest BCUT2D eigenvalue weighted by atomic mass is 79.9. The Balaban J connectivity index is 1.48. The van der Waals surface area contributed by atoms with Gasteiger partial charge >= 0.3 is 5.97 Å². The standard InChI is InChI=1S/C28H20BrNO8/c1-35-21-14-15(13-19(29)25(21)36-2)24-26(23(32)18-9-5-6-10-20(18)37-24)38-22(31)11-12-30-27(33)16-7-3-4-8-17(16)28(30)34/h3-10,13-14H,11-12H2,1-2H3. The molecule has 1 aromatic heterocycles. The fourth-order valence-electron chi connectivity index (χ4n) is 4.27. The van der Waals surface area contributed by atoms with Gasteiger partial charge in [-0.05, 0) is 52.3 Å². The van der Waals surface area contributed by atoms with Gasteiger partial charge in [0, 0.05) is 12.1 Å². The van der Waals surface area contributed by atoms with Crippen LogP contribution in [-0.4, -0.2) is 43.4 Å². The summed E-state index contributed by atoms with van der Waals surface area (Å²) in [7, 11) is 2.95. The van der Waals surface area contributed by atoms with Crippen molar-refractivity contribution in [3.05, 3.63) is 86.5 Å². The van der Waals surface area contributed by atoms with Gasteiger partial charge in [-0.3, -0.25) is 24.1 Å². The van der Waals surface area contributed by atoms with E-state index in [2.05, 4.69) is 15.9 Å². The maximum Gasteiger partial charge on any atom is 0.313 e. The van der Waals surface area contributed by atoms with Crippen LogP contribution in [0.5, 0.6) is 17.2 Å². The molecule has 0 saturated heterocycles. The highest BCUT2D eigenvalue weighted by molar-refractivity contribution is 9.10. The number of esters is 1. The molecule has 1 aliphatic rings. The van der Waals surface area contributed by atoms with Crippen LogP contribution in [0.4, 0.5) is 0 Å². The van der Waals surface area contributed by atoms with Gasteiger partial charge in [-0.15, -0.1) is 0 Å². The number of carbonyl (C=O) groups excluding carboxylic acids is 3. The summed E-state index contributed by atoms with van der Waals surface area (Å²) in [6.07, 6.45) is -0.327. The third kappa shape index (κ3) is 4.32. The first kappa shape index (κ1) is 25.2. The molecule has 5 rings (SSSR count). The molecule has 4 aromatic rings. The van der Waals surface area contributed by atoms with E-state index in [0.717, 1.165) is 4.90 Å². The van der Waals surface area contributed by atoms with Crippen LogP contribution in [0.15, 0.2) is 74.3 Å². The lowest BCUT2D eigenvalue weighted by molar-refractivity contribution is -0.134. The lowest BCUT2D eigenvalue weighted by atomic mass is 10.1. The number of imide groups is 1. The predicted octanol–water partition coefficient (Wildman–Crippen LogP) is 4.83. The minimum absolute atomic E-state index is 0.00411. The van der Waals surface area contributed by atoms with Crippen LogP contribution in [-0.2, 0) is 4.79 Å². The van der Waals surface area contributed by atoms with Gasteiger partial charge in [0.15, 0.2) is 17.3 Å². The Hall–Kier alpha value is -4.44. The zero-order chi connectivity index (χ0) is 27.0. The zero-order valence-electron chi connectivity index (χ0n) is 20.3. The lowest BCUT2D eigenvalue weighted by Gasteiger charge is -2.15. The highest BCUT2D eigenvalue weighted by Gasteiger charge is 2.35. The number of amides is 2. The first-order chi connectivity index (χ1) is 18.3. The Labute approximate surface area is 224 Å². The lowest BCUT2D eigenvalue weighted by Crippen LogP contribution is -2.32. The maximum atomic E-state index is 13.4. The number of benzene rings is 3. The van der Waals surface area contributed by atoms with Crippen LogP contribution in [0.25, 0.3) is 22.3 Å². The summed E-state index contributed by atoms with van der Waals surface area (Å²) in [5.41, 5.74) is 0.691. The van der Waals surface area contributed by atoms with E-state index in [9.17, 15) is 19.2 Å². The zero-order valence-corrected chi connectivity index (χ0v) is 21.9. The summed E-state index contributed by atoms with van der Waals surface area (Å²) >= 11 is 3.42. The van der Waals surface area contributed by atoms with Gasteiger partial charge in [0.25, 0.3) is 11.8 Å². The molecular weight excluding hydrogens is 558 g/mol. The fraction of sp³-hybridized carbons (Fsp3) is 0.143. The quantitative estimate of drug-likeness (QED) is 0.227. The van der Waals surface area contributed by atoms with Crippen LogP contribution >= 0.6 is 15.9 Å².